The van der Waals surface area contributed by atoms with Gasteiger partial charge >= 0.3 is 5.97 Å². The highest BCUT2D eigenvalue weighted by molar-refractivity contribution is 6.30. The molecular weight excluding hydrogens is 326 g/mol. The molecule has 0 heterocycles. The summed E-state index contributed by atoms with van der Waals surface area (Å²) in [6, 6.07) is 12.4. The van der Waals surface area contributed by atoms with E-state index in [4.69, 9.17) is 26.8 Å². The van der Waals surface area contributed by atoms with E-state index >= 15 is 0 Å². The first-order valence-corrected chi connectivity index (χ1v) is 8.47. The first-order valence-electron chi connectivity index (χ1n) is 8.09. The molecule has 4 nitrogen and oxygen atoms in total. The van der Waals surface area contributed by atoms with Crippen LogP contribution >= 0.6 is 11.6 Å². The monoisotopic (exact) mass is 345 g/mol. The van der Waals surface area contributed by atoms with Gasteiger partial charge in [-0.05, 0) is 61.6 Å². The lowest BCUT2D eigenvalue weighted by Gasteiger charge is -2.13. The molecule has 0 aromatic heterocycles. The van der Waals surface area contributed by atoms with Gasteiger partial charge in [-0.2, -0.15) is 0 Å². The zero-order chi connectivity index (χ0) is 16.9. The SMILES string of the molecule is Nc1ccc(C(=O)OC2CCCC2)cc1OCc1ccc(Cl)cc1. The summed E-state index contributed by atoms with van der Waals surface area (Å²) < 4.78 is 11.3. The molecule has 1 aliphatic carbocycles. The Morgan fingerprint density at radius 3 is 2.54 bits per heavy atom. The highest BCUT2D eigenvalue weighted by atomic mass is 35.5. The van der Waals surface area contributed by atoms with Gasteiger partial charge in [-0.3, -0.25) is 0 Å². The molecule has 0 atom stereocenters. The molecule has 1 aliphatic rings. The molecule has 24 heavy (non-hydrogen) atoms. The van der Waals surface area contributed by atoms with E-state index in [1.54, 1.807) is 30.3 Å². The minimum Gasteiger partial charge on any atom is -0.487 e. The molecule has 0 unspecified atom stereocenters. The van der Waals surface area contributed by atoms with Crippen molar-refractivity contribution in [3.8, 4) is 5.75 Å². The molecule has 5 heteroatoms. The van der Waals surface area contributed by atoms with Gasteiger partial charge in [0.1, 0.15) is 18.5 Å². The van der Waals surface area contributed by atoms with E-state index in [9.17, 15) is 4.79 Å². The molecule has 0 amide bonds. The van der Waals surface area contributed by atoms with E-state index in [0.29, 0.717) is 28.6 Å². The lowest BCUT2D eigenvalue weighted by atomic mass is 10.2. The number of hydrogen-bond donors (Lipinski definition) is 1. The van der Waals surface area contributed by atoms with E-state index in [0.717, 1.165) is 31.2 Å². The Labute approximate surface area is 146 Å². The number of rotatable bonds is 5. The fraction of sp³-hybridized carbons (Fsp3) is 0.316. The Bertz CT molecular complexity index is 709. The highest BCUT2D eigenvalue weighted by Gasteiger charge is 2.20. The summed E-state index contributed by atoms with van der Waals surface area (Å²) in [4.78, 5) is 12.2. The summed E-state index contributed by atoms with van der Waals surface area (Å²) in [6.45, 7) is 0.350. The Morgan fingerprint density at radius 1 is 1.12 bits per heavy atom. The molecule has 3 rings (SSSR count). The molecule has 0 spiro atoms. The van der Waals surface area contributed by atoms with Crippen LogP contribution in [-0.2, 0) is 11.3 Å². The fourth-order valence-corrected chi connectivity index (χ4v) is 2.88. The number of esters is 1. The second kappa shape index (κ2) is 7.58. The van der Waals surface area contributed by atoms with Gasteiger partial charge in [-0.1, -0.05) is 23.7 Å². The summed E-state index contributed by atoms with van der Waals surface area (Å²) >= 11 is 5.87. The highest BCUT2D eigenvalue weighted by Crippen LogP contribution is 2.26. The Morgan fingerprint density at radius 2 is 1.83 bits per heavy atom. The molecule has 2 aromatic carbocycles. The Balaban J connectivity index is 1.66. The first-order chi connectivity index (χ1) is 11.6. The number of carbonyl (C=O) groups is 1. The maximum Gasteiger partial charge on any atom is 0.338 e. The van der Waals surface area contributed by atoms with Crippen molar-refractivity contribution in [2.75, 3.05) is 5.73 Å². The predicted molar refractivity (Wildman–Crippen MR) is 94.3 cm³/mol. The molecule has 2 aromatic rings. The van der Waals surface area contributed by atoms with Crippen molar-refractivity contribution in [3.63, 3.8) is 0 Å². The number of benzene rings is 2. The number of halogens is 1. The van der Waals surface area contributed by atoms with E-state index in [2.05, 4.69) is 0 Å². The van der Waals surface area contributed by atoms with Crippen molar-refractivity contribution in [3.05, 3.63) is 58.6 Å². The van der Waals surface area contributed by atoms with Crippen LogP contribution in [0.2, 0.25) is 5.02 Å². The third-order valence-electron chi connectivity index (χ3n) is 4.13. The number of hydrogen-bond acceptors (Lipinski definition) is 4. The summed E-state index contributed by atoms with van der Waals surface area (Å²) in [5, 5.41) is 0.676. The van der Waals surface area contributed by atoms with Gasteiger partial charge in [0.05, 0.1) is 11.3 Å². The van der Waals surface area contributed by atoms with Crippen molar-refractivity contribution in [2.24, 2.45) is 0 Å². The molecule has 0 aliphatic heterocycles. The molecule has 0 radical (unpaired) electrons. The lowest BCUT2D eigenvalue weighted by molar-refractivity contribution is 0.0317. The smallest absolute Gasteiger partial charge is 0.338 e. The van der Waals surface area contributed by atoms with E-state index in [1.807, 2.05) is 12.1 Å². The molecule has 2 N–H and O–H groups in total. The van der Waals surface area contributed by atoms with Gasteiger partial charge in [0, 0.05) is 5.02 Å². The van der Waals surface area contributed by atoms with Crippen molar-refractivity contribution in [1.82, 2.24) is 0 Å². The molecular formula is C19H20ClNO3. The minimum absolute atomic E-state index is 0.0356. The molecule has 1 saturated carbocycles. The second-order valence-electron chi connectivity index (χ2n) is 5.98. The number of nitrogens with two attached hydrogens (primary N) is 1. The molecule has 126 valence electrons. The van der Waals surface area contributed by atoms with Crippen LogP contribution in [0.25, 0.3) is 0 Å². The number of carbonyl (C=O) groups excluding carboxylic acids is 1. The third-order valence-corrected chi connectivity index (χ3v) is 4.38. The largest absolute Gasteiger partial charge is 0.487 e. The van der Waals surface area contributed by atoms with Crippen LogP contribution in [0.1, 0.15) is 41.6 Å². The van der Waals surface area contributed by atoms with Gasteiger partial charge in [-0.15, -0.1) is 0 Å². The maximum absolute atomic E-state index is 12.2. The average Bonchev–Trinajstić information content (AvgIpc) is 3.08. The van der Waals surface area contributed by atoms with Gasteiger partial charge in [0.25, 0.3) is 0 Å². The maximum atomic E-state index is 12.2. The van der Waals surface area contributed by atoms with Gasteiger partial charge < -0.3 is 15.2 Å². The number of nitrogen functional groups attached to an aromatic ring is 1. The topological polar surface area (TPSA) is 61.6 Å². The van der Waals surface area contributed by atoms with Gasteiger partial charge in [-0.25, -0.2) is 4.79 Å². The van der Waals surface area contributed by atoms with Crippen LogP contribution < -0.4 is 10.5 Å². The second-order valence-corrected chi connectivity index (χ2v) is 6.42. The Hall–Kier alpha value is -2.20. The number of ether oxygens (including phenoxy) is 2. The zero-order valence-corrected chi connectivity index (χ0v) is 14.1. The molecule has 0 bridgehead atoms. The van der Waals surface area contributed by atoms with Crippen LogP contribution in [0, 0.1) is 0 Å². The van der Waals surface area contributed by atoms with Crippen molar-refractivity contribution < 1.29 is 14.3 Å². The fourth-order valence-electron chi connectivity index (χ4n) is 2.75. The van der Waals surface area contributed by atoms with Crippen LogP contribution in [0.15, 0.2) is 42.5 Å². The van der Waals surface area contributed by atoms with Crippen LogP contribution in [0.5, 0.6) is 5.75 Å². The van der Waals surface area contributed by atoms with E-state index in [-0.39, 0.29) is 12.1 Å². The summed E-state index contributed by atoms with van der Waals surface area (Å²) in [6.07, 6.45) is 4.17. The van der Waals surface area contributed by atoms with Crippen molar-refractivity contribution >= 4 is 23.3 Å². The average molecular weight is 346 g/mol. The standard InChI is InChI=1S/C19H20ClNO3/c20-15-8-5-13(6-9-15)12-23-18-11-14(7-10-17(18)21)19(22)24-16-3-1-2-4-16/h5-11,16H,1-4,12,21H2. The summed E-state index contributed by atoms with van der Waals surface area (Å²) in [5.74, 6) is 0.157. The van der Waals surface area contributed by atoms with Crippen LogP contribution in [0.4, 0.5) is 5.69 Å². The third kappa shape index (κ3) is 4.20. The van der Waals surface area contributed by atoms with E-state index in [1.165, 1.54) is 0 Å². The quantitative estimate of drug-likeness (QED) is 0.635. The Kier molecular flexibility index (Phi) is 5.26. The predicted octanol–water partition coefficient (Wildman–Crippen LogP) is 4.60. The lowest BCUT2D eigenvalue weighted by Crippen LogP contribution is -2.15. The van der Waals surface area contributed by atoms with Crippen LogP contribution in [-0.4, -0.2) is 12.1 Å². The number of anilines is 1. The normalized spacial score (nSPS) is 14.5. The van der Waals surface area contributed by atoms with Crippen LogP contribution in [0.3, 0.4) is 0 Å². The van der Waals surface area contributed by atoms with Crippen molar-refractivity contribution in [1.29, 1.82) is 0 Å². The van der Waals surface area contributed by atoms with E-state index < -0.39 is 0 Å². The minimum atomic E-state index is -0.321. The summed E-state index contributed by atoms with van der Waals surface area (Å²) in [5.41, 5.74) is 7.86. The summed E-state index contributed by atoms with van der Waals surface area (Å²) in [7, 11) is 0. The molecule has 1 fully saturated rings. The van der Waals surface area contributed by atoms with Gasteiger partial charge in [0.15, 0.2) is 0 Å². The molecule has 0 saturated heterocycles. The van der Waals surface area contributed by atoms with Crippen molar-refractivity contribution in [2.45, 2.75) is 38.4 Å². The zero-order valence-electron chi connectivity index (χ0n) is 13.3. The van der Waals surface area contributed by atoms with Gasteiger partial charge in [0.2, 0.25) is 0 Å². The first kappa shape index (κ1) is 16.7.